The number of rotatable bonds is 6. The van der Waals surface area contributed by atoms with Gasteiger partial charge in [-0.05, 0) is 23.3 Å². The van der Waals surface area contributed by atoms with Crippen molar-refractivity contribution in [3.05, 3.63) is 87.1 Å². The van der Waals surface area contributed by atoms with E-state index in [9.17, 15) is 9.59 Å². The molecule has 0 spiro atoms. The van der Waals surface area contributed by atoms with Gasteiger partial charge in [-0.2, -0.15) is 5.10 Å². The molecule has 0 unspecified atom stereocenters. The predicted octanol–water partition coefficient (Wildman–Crippen LogP) is 2.59. The van der Waals surface area contributed by atoms with Gasteiger partial charge < -0.3 is 5.32 Å². The summed E-state index contributed by atoms with van der Waals surface area (Å²) in [6.07, 6.45) is 0.278. The Bertz CT molecular complexity index is 887. The second kappa shape index (κ2) is 7.81. The van der Waals surface area contributed by atoms with E-state index >= 15 is 0 Å². The van der Waals surface area contributed by atoms with Crippen LogP contribution in [0.1, 0.15) is 29.3 Å². The van der Waals surface area contributed by atoms with Gasteiger partial charge in [0, 0.05) is 17.4 Å². The van der Waals surface area contributed by atoms with Crippen LogP contribution in [0.5, 0.6) is 0 Å². The number of aromatic nitrogens is 3. The van der Waals surface area contributed by atoms with Crippen LogP contribution in [0.25, 0.3) is 0 Å². The van der Waals surface area contributed by atoms with Crippen molar-refractivity contribution in [2.45, 2.75) is 18.9 Å². The predicted molar refractivity (Wildman–Crippen MR) is 95.4 cm³/mol. The molecule has 1 atom stereocenters. The molecule has 3 aromatic rings. The average molecular weight is 357 g/mol. The Balaban J connectivity index is 1.74. The molecule has 0 fully saturated rings. The minimum atomic E-state index is -0.396. The lowest BCUT2D eigenvalue weighted by Crippen LogP contribution is -2.25. The van der Waals surface area contributed by atoms with Crippen molar-refractivity contribution in [1.82, 2.24) is 20.5 Å². The van der Waals surface area contributed by atoms with Gasteiger partial charge in [0.05, 0.1) is 6.54 Å². The third-order valence-corrected chi connectivity index (χ3v) is 4.12. The fraction of sp³-hybridized carbons (Fsp3) is 0.167. The Morgan fingerprint density at radius 1 is 1.08 bits per heavy atom. The van der Waals surface area contributed by atoms with Gasteiger partial charge in [-0.25, -0.2) is 9.89 Å². The molecule has 25 heavy (non-hydrogen) atoms. The Hall–Kier alpha value is -2.86. The topological polar surface area (TPSA) is 90.6 Å². The van der Waals surface area contributed by atoms with E-state index in [2.05, 4.69) is 20.5 Å². The fourth-order valence-corrected chi connectivity index (χ4v) is 2.76. The molecule has 0 radical (unpaired) electrons. The van der Waals surface area contributed by atoms with Gasteiger partial charge in [0.25, 0.3) is 0 Å². The number of carbonyl (C=O) groups is 1. The molecule has 0 saturated carbocycles. The van der Waals surface area contributed by atoms with E-state index in [1.165, 1.54) is 0 Å². The van der Waals surface area contributed by atoms with Crippen LogP contribution < -0.4 is 11.0 Å². The monoisotopic (exact) mass is 356 g/mol. The van der Waals surface area contributed by atoms with Crippen LogP contribution in [-0.2, 0) is 11.3 Å². The lowest BCUT2D eigenvalue weighted by Gasteiger charge is -2.18. The Labute approximate surface area is 149 Å². The average Bonchev–Trinajstić information content (AvgIpc) is 3.05. The lowest BCUT2D eigenvalue weighted by atomic mass is 9.88. The van der Waals surface area contributed by atoms with Crippen LogP contribution in [0.15, 0.2) is 59.4 Å². The zero-order chi connectivity index (χ0) is 17.6. The summed E-state index contributed by atoms with van der Waals surface area (Å²) >= 11 is 5.97. The first kappa shape index (κ1) is 17.0. The summed E-state index contributed by atoms with van der Waals surface area (Å²) in [6.45, 7) is 0.166. The van der Waals surface area contributed by atoms with Crippen molar-refractivity contribution < 1.29 is 4.79 Å². The van der Waals surface area contributed by atoms with Crippen LogP contribution in [0.2, 0.25) is 5.02 Å². The van der Waals surface area contributed by atoms with Crippen LogP contribution in [0.4, 0.5) is 0 Å². The van der Waals surface area contributed by atoms with E-state index < -0.39 is 5.69 Å². The molecule has 3 N–H and O–H groups in total. The van der Waals surface area contributed by atoms with Gasteiger partial charge in [0.2, 0.25) is 5.91 Å². The first-order valence-corrected chi connectivity index (χ1v) is 8.20. The molecule has 0 bridgehead atoms. The smallest absolute Gasteiger partial charge is 0.340 e. The van der Waals surface area contributed by atoms with Crippen LogP contribution in [0, 0.1) is 0 Å². The van der Waals surface area contributed by atoms with Crippen LogP contribution in [0.3, 0.4) is 0 Å². The molecule has 0 saturated heterocycles. The highest BCUT2D eigenvalue weighted by Gasteiger charge is 2.18. The van der Waals surface area contributed by atoms with E-state index in [0.29, 0.717) is 10.8 Å². The summed E-state index contributed by atoms with van der Waals surface area (Å²) in [5.41, 5.74) is 1.67. The number of H-pyrrole nitrogens is 2. The van der Waals surface area contributed by atoms with Crippen molar-refractivity contribution >= 4 is 17.5 Å². The van der Waals surface area contributed by atoms with E-state index in [-0.39, 0.29) is 24.8 Å². The molecule has 0 aliphatic heterocycles. The molecule has 3 rings (SSSR count). The first-order chi connectivity index (χ1) is 12.1. The summed E-state index contributed by atoms with van der Waals surface area (Å²) in [5, 5.41) is 9.47. The van der Waals surface area contributed by atoms with Crippen molar-refractivity contribution in [2.24, 2.45) is 0 Å². The molecule has 0 aliphatic carbocycles. The summed E-state index contributed by atoms with van der Waals surface area (Å²) in [5.74, 6) is 0.172. The third-order valence-electron chi connectivity index (χ3n) is 3.87. The normalized spacial score (nSPS) is 11.9. The van der Waals surface area contributed by atoms with Crippen LogP contribution in [-0.4, -0.2) is 21.1 Å². The zero-order valence-corrected chi connectivity index (χ0v) is 14.1. The summed E-state index contributed by atoms with van der Waals surface area (Å²) in [7, 11) is 0. The Morgan fingerprint density at radius 2 is 1.76 bits per heavy atom. The Kier molecular flexibility index (Phi) is 5.30. The van der Waals surface area contributed by atoms with Crippen LogP contribution >= 0.6 is 11.6 Å². The molecule has 1 heterocycles. The fourth-order valence-electron chi connectivity index (χ4n) is 2.64. The Morgan fingerprint density at radius 3 is 2.40 bits per heavy atom. The number of benzene rings is 2. The number of amides is 1. The van der Waals surface area contributed by atoms with Gasteiger partial charge in [0.1, 0.15) is 5.82 Å². The minimum Gasteiger partial charge on any atom is -0.349 e. The second-order valence-electron chi connectivity index (χ2n) is 5.62. The number of aromatic amines is 2. The summed E-state index contributed by atoms with van der Waals surface area (Å²) in [4.78, 5) is 25.9. The minimum absolute atomic E-state index is 0.0864. The lowest BCUT2D eigenvalue weighted by molar-refractivity contribution is -0.121. The van der Waals surface area contributed by atoms with Crippen molar-refractivity contribution in [3.8, 4) is 0 Å². The van der Waals surface area contributed by atoms with E-state index in [0.717, 1.165) is 11.1 Å². The highest BCUT2D eigenvalue weighted by Crippen LogP contribution is 2.28. The number of hydrogen-bond acceptors (Lipinski definition) is 3. The number of nitrogens with one attached hydrogen (secondary N) is 3. The van der Waals surface area contributed by atoms with E-state index in [1.54, 1.807) is 0 Å². The maximum absolute atomic E-state index is 12.4. The molecule has 128 valence electrons. The standard InChI is InChI=1S/C18H17ClN4O2/c19-14-8-6-13(7-9-14)15(12-4-2-1-3-5-12)10-17(24)20-11-16-21-18(25)23-22-16/h1-9,15H,10-11H2,(H,20,24)(H2,21,22,23,25)/t15-/m0/s1. The third kappa shape index (κ3) is 4.58. The van der Waals surface area contributed by atoms with Gasteiger partial charge in [-0.1, -0.05) is 54.1 Å². The molecular weight excluding hydrogens is 340 g/mol. The molecule has 2 aromatic carbocycles. The molecular formula is C18H17ClN4O2. The molecule has 0 aliphatic rings. The maximum Gasteiger partial charge on any atom is 0.340 e. The second-order valence-corrected chi connectivity index (χ2v) is 6.06. The summed E-state index contributed by atoms with van der Waals surface area (Å²) in [6, 6.07) is 17.3. The van der Waals surface area contributed by atoms with E-state index in [1.807, 2.05) is 54.6 Å². The van der Waals surface area contributed by atoms with E-state index in [4.69, 9.17) is 11.6 Å². The molecule has 6 nitrogen and oxygen atoms in total. The summed E-state index contributed by atoms with van der Waals surface area (Å²) < 4.78 is 0. The molecule has 1 aromatic heterocycles. The molecule has 7 heteroatoms. The van der Waals surface area contributed by atoms with Crippen molar-refractivity contribution in [3.63, 3.8) is 0 Å². The highest BCUT2D eigenvalue weighted by atomic mass is 35.5. The number of hydrogen-bond donors (Lipinski definition) is 3. The molecule has 1 amide bonds. The SMILES string of the molecule is O=C(C[C@@H](c1ccccc1)c1ccc(Cl)cc1)NCc1n[nH]c(=O)[nH]1. The number of carbonyl (C=O) groups excluding carboxylic acids is 1. The van der Waals surface area contributed by atoms with Gasteiger partial charge in [-0.15, -0.1) is 0 Å². The largest absolute Gasteiger partial charge is 0.349 e. The van der Waals surface area contributed by atoms with Crippen molar-refractivity contribution in [2.75, 3.05) is 0 Å². The first-order valence-electron chi connectivity index (χ1n) is 7.82. The van der Waals surface area contributed by atoms with Gasteiger partial charge in [0.15, 0.2) is 0 Å². The van der Waals surface area contributed by atoms with Crippen molar-refractivity contribution in [1.29, 1.82) is 0 Å². The number of nitrogens with zero attached hydrogens (tertiary/aromatic N) is 1. The van der Waals surface area contributed by atoms with Gasteiger partial charge >= 0.3 is 5.69 Å². The zero-order valence-electron chi connectivity index (χ0n) is 13.3. The highest BCUT2D eigenvalue weighted by molar-refractivity contribution is 6.30. The maximum atomic E-state index is 12.4. The number of halogens is 1. The van der Waals surface area contributed by atoms with Gasteiger partial charge in [-0.3, -0.25) is 9.78 Å². The quantitative estimate of drug-likeness (QED) is 0.634.